The van der Waals surface area contributed by atoms with Gasteiger partial charge in [0.15, 0.2) is 0 Å². The number of nitrogens with one attached hydrogen (secondary N) is 1. The first-order valence-corrected chi connectivity index (χ1v) is 9.06. The number of hydrogen-bond donors (Lipinski definition) is 1. The van der Waals surface area contributed by atoms with Crippen molar-refractivity contribution in [1.29, 1.82) is 0 Å². The Morgan fingerprint density at radius 2 is 1.88 bits per heavy atom. The minimum absolute atomic E-state index is 0.000236. The van der Waals surface area contributed by atoms with Crippen LogP contribution < -0.4 is 5.43 Å². The molecule has 3 nitrogen and oxygen atoms in total. The molecule has 0 atom stereocenters. The van der Waals surface area contributed by atoms with E-state index in [1.54, 1.807) is 6.07 Å². The predicted molar refractivity (Wildman–Crippen MR) is 103 cm³/mol. The van der Waals surface area contributed by atoms with E-state index in [1.807, 2.05) is 58.3 Å². The number of hydrogen-bond acceptors (Lipinski definition) is 4. The van der Waals surface area contributed by atoms with Gasteiger partial charge in [-0.1, -0.05) is 36.4 Å². The fraction of sp³-hybridized carbons (Fsp3) is 0.0588. The highest BCUT2D eigenvalue weighted by molar-refractivity contribution is 14.1. The van der Waals surface area contributed by atoms with Gasteiger partial charge in [0, 0.05) is 20.1 Å². The molecule has 0 aliphatic heterocycles. The molecule has 1 aromatic heterocycles. The summed E-state index contributed by atoms with van der Waals surface area (Å²) in [4.78, 5) is 4.37. The molecule has 25 heavy (non-hydrogen) atoms. The number of aromatic nitrogens is 1. The fourth-order valence-electron chi connectivity index (χ4n) is 2.11. The number of benzene rings is 2. The first-order chi connectivity index (χ1) is 11.9. The van der Waals surface area contributed by atoms with Gasteiger partial charge in [0.05, 0.1) is 17.5 Å². The molecule has 8 heteroatoms. The van der Waals surface area contributed by atoms with E-state index >= 15 is 0 Å². The van der Waals surface area contributed by atoms with Crippen molar-refractivity contribution in [2.45, 2.75) is 6.18 Å². The van der Waals surface area contributed by atoms with E-state index < -0.39 is 11.7 Å². The Bertz CT molecular complexity index is 892. The van der Waals surface area contributed by atoms with Gasteiger partial charge in [-0.25, -0.2) is 4.98 Å². The Hall–Kier alpha value is -1.94. The van der Waals surface area contributed by atoms with Crippen LogP contribution in [0.2, 0.25) is 0 Å². The van der Waals surface area contributed by atoms with Crippen LogP contribution in [0.3, 0.4) is 0 Å². The summed E-state index contributed by atoms with van der Waals surface area (Å²) < 4.78 is 39.7. The van der Waals surface area contributed by atoms with Crippen molar-refractivity contribution in [3.05, 3.63) is 68.6 Å². The molecule has 0 unspecified atom stereocenters. The SMILES string of the molecule is FC(F)(F)c1cc(I)ccc1C=NNc1nc(-c2ccccc2)cs1. The quantitative estimate of drug-likeness (QED) is 0.292. The van der Waals surface area contributed by atoms with Gasteiger partial charge < -0.3 is 0 Å². The second-order valence-corrected chi connectivity index (χ2v) is 7.11. The fourth-order valence-corrected chi connectivity index (χ4v) is 3.27. The van der Waals surface area contributed by atoms with E-state index in [0.29, 0.717) is 8.70 Å². The van der Waals surface area contributed by atoms with Gasteiger partial charge >= 0.3 is 6.18 Å². The average Bonchev–Trinajstić information content (AvgIpc) is 3.05. The van der Waals surface area contributed by atoms with Crippen LogP contribution in [0.1, 0.15) is 11.1 Å². The third-order valence-electron chi connectivity index (χ3n) is 3.26. The lowest BCUT2D eigenvalue weighted by molar-refractivity contribution is -0.137. The monoisotopic (exact) mass is 473 g/mol. The largest absolute Gasteiger partial charge is 0.417 e. The Kier molecular flexibility index (Phi) is 5.38. The summed E-state index contributed by atoms with van der Waals surface area (Å²) in [6, 6.07) is 13.7. The predicted octanol–water partition coefficient (Wildman–Crippen LogP) is 5.88. The lowest BCUT2D eigenvalue weighted by Crippen LogP contribution is -2.09. The van der Waals surface area contributed by atoms with Crippen LogP contribution in [0.4, 0.5) is 18.3 Å². The molecule has 0 aliphatic carbocycles. The van der Waals surface area contributed by atoms with Gasteiger partial charge in [0.25, 0.3) is 0 Å². The number of hydrazone groups is 1. The van der Waals surface area contributed by atoms with Gasteiger partial charge in [-0.15, -0.1) is 11.3 Å². The van der Waals surface area contributed by atoms with Crippen molar-refractivity contribution in [1.82, 2.24) is 4.98 Å². The zero-order valence-electron chi connectivity index (χ0n) is 12.6. The third kappa shape index (κ3) is 4.57. The molecule has 0 saturated heterocycles. The van der Waals surface area contributed by atoms with Crippen LogP contribution in [0.5, 0.6) is 0 Å². The Morgan fingerprint density at radius 3 is 2.60 bits per heavy atom. The Balaban J connectivity index is 1.76. The van der Waals surface area contributed by atoms with Crippen LogP contribution in [0.15, 0.2) is 59.0 Å². The van der Waals surface area contributed by atoms with Crippen molar-refractivity contribution < 1.29 is 13.2 Å². The molecule has 0 radical (unpaired) electrons. The topological polar surface area (TPSA) is 37.3 Å². The minimum atomic E-state index is -4.43. The van der Waals surface area contributed by atoms with E-state index in [-0.39, 0.29) is 5.56 Å². The second kappa shape index (κ2) is 7.52. The summed E-state index contributed by atoms with van der Waals surface area (Å²) >= 11 is 3.18. The second-order valence-electron chi connectivity index (χ2n) is 5.00. The van der Waals surface area contributed by atoms with E-state index in [9.17, 15) is 13.2 Å². The van der Waals surface area contributed by atoms with Crippen molar-refractivity contribution >= 4 is 45.3 Å². The van der Waals surface area contributed by atoms with Crippen molar-refractivity contribution in [3.8, 4) is 11.3 Å². The maximum Gasteiger partial charge on any atom is 0.417 e. The molecule has 0 saturated carbocycles. The normalized spacial score (nSPS) is 11.8. The smallest absolute Gasteiger partial charge is 0.253 e. The van der Waals surface area contributed by atoms with Gasteiger partial charge in [0.1, 0.15) is 0 Å². The van der Waals surface area contributed by atoms with E-state index in [0.717, 1.165) is 23.5 Å². The molecule has 3 aromatic rings. The third-order valence-corrected chi connectivity index (χ3v) is 4.68. The number of nitrogens with zero attached hydrogens (tertiary/aromatic N) is 2. The molecule has 0 bridgehead atoms. The number of anilines is 1. The molecule has 2 aromatic carbocycles. The standard InChI is InChI=1S/C17H11F3IN3S/c18-17(19,20)14-8-13(21)7-6-12(14)9-22-24-16-23-15(10-25-16)11-4-2-1-3-5-11/h1-10H,(H,23,24). The molecule has 128 valence electrons. The summed E-state index contributed by atoms with van der Waals surface area (Å²) in [5.41, 5.74) is 3.72. The van der Waals surface area contributed by atoms with Crippen LogP contribution >= 0.6 is 33.9 Å². The zero-order chi connectivity index (χ0) is 17.9. The first kappa shape index (κ1) is 17.9. The summed E-state index contributed by atoms with van der Waals surface area (Å²) in [5, 5.41) is 6.26. The van der Waals surface area contributed by atoms with Gasteiger partial charge in [-0.3, -0.25) is 5.43 Å². The highest BCUT2D eigenvalue weighted by atomic mass is 127. The highest BCUT2D eigenvalue weighted by Gasteiger charge is 2.33. The molecular weight excluding hydrogens is 462 g/mol. The molecular formula is C17H11F3IN3S. The molecule has 1 heterocycles. The van der Waals surface area contributed by atoms with Crippen molar-refractivity contribution in [2.24, 2.45) is 5.10 Å². The van der Waals surface area contributed by atoms with E-state index in [1.165, 1.54) is 17.4 Å². The molecule has 0 amide bonds. The molecule has 0 fully saturated rings. The molecule has 3 rings (SSSR count). The highest BCUT2D eigenvalue weighted by Crippen LogP contribution is 2.32. The van der Waals surface area contributed by atoms with Gasteiger partial charge in [0.2, 0.25) is 5.13 Å². The van der Waals surface area contributed by atoms with Crippen LogP contribution in [-0.4, -0.2) is 11.2 Å². The van der Waals surface area contributed by atoms with Crippen LogP contribution in [0.25, 0.3) is 11.3 Å². The lowest BCUT2D eigenvalue weighted by Gasteiger charge is -2.10. The van der Waals surface area contributed by atoms with E-state index in [4.69, 9.17) is 0 Å². The number of alkyl halides is 3. The summed E-state index contributed by atoms with van der Waals surface area (Å²) in [6.07, 6.45) is -3.27. The number of rotatable bonds is 4. The lowest BCUT2D eigenvalue weighted by atomic mass is 10.1. The molecule has 0 aliphatic rings. The first-order valence-electron chi connectivity index (χ1n) is 7.10. The Morgan fingerprint density at radius 1 is 1.12 bits per heavy atom. The number of halogens is 4. The minimum Gasteiger partial charge on any atom is -0.253 e. The van der Waals surface area contributed by atoms with E-state index in [2.05, 4.69) is 15.5 Å². The maximum absolute atomic E-state index is 13.1. The summed E-state index contributed by atoms with van der Waals surface area (Å²) in [5.74, 6) is 0. The van der Waals surface area contributed by atoms with Gasteiger partial charge in [-0.2, -0.15) is 18.3 Å². The summed E-state index contributed by atoms with van der Waals surface area (Å²) in [7, 11) is 0. The zero-order valence-corrected chi connectivity index (χ0v) is 15.6. The van der Waals surface area contributed by atoms with Gasteiger partial charge in [-0.05, 0) is 34.7 Å². The van der Waals surface area contributed by atoms with Crippen LogP contribution in [-0.2, 0) is 6.18 Å². The van der Waals surface area contributed by atoms with Crippen molar-refractivity contribution in [3.63, 3.8) is 0 Å². The Labute approximate surface area is 159 Å². The van der Waals surface area contributed by atoms with Crippen LogP contribution in [0, 0.1) is 3.57 Å². The summed E-state index contributed by atoms with van der Waals surface area (Å²) in [6.45, 7) is 0. The van der Waals surface area contributed by atoms with Crippen molar-refractivity contribution in [2.75, 3.05) is 5.43 Å². The average molecular weight is 473 g/mol. The molecule has 0 spiro atoms. The molecule has 1 N–H and O–H groups in total. The number of thiazole rings is 1. The maximum atomic E-state index is 13.1.